The average molecular weight is 210 g/mol. The van der Waals surface area contributed by atoms with E-state index in [9.17, 15) is 0 Å². The average Bonchev–Trinajstić information content (AvgIpc) is 2.65. The number of piperidine rings is 1. The second-order valence-electron chi connectivity index (χ2n) is 4.24. The highest BCUT2D eigenvalue weighted by molar-refractivity contribution is 5.29. The molecular formula is C10H18N4O. The molecule has 2 heterocycles. The lowest BCUT2D eigenvalue weighted by Crippen LogP contribution is -2.49. The lowest BCUT2D eigenvalue weighted by molar-refractivity contribution is 0.351. The Morgan fingerprint density at radius 2 is 2.33 bits per heavy atom. The molecule has 5 nitrogen and oxygen atoms in total. The molecule has 1 saturated heterocycles. The van der Waals surface area contributed by atoms with Crippen LogP contribution in [0.2, 0.25) is 0 Å². The Labute approximate surface area is 89.6 Å². The summed E-state index contributed by atoms with van der Waals surface area (Å²) < 4.78 is 5.19. The van der Waals surface area contributed by atoms with E-state index in [1.807, 2.05) is 13.8 Å². The van der Waals surface area contributed by atoms with Gasteiger partial charge in [-0.15, -0.1) is 0 Å². The number of nitrogens with two attached hydrogens (primary N) is 1. The van der Waals surface area contributed by atoms with Gasteiger partial charge in [0.15, 0.2) is 5.82 Å². The van der Waals surface area contributed by atoms with Gasteiger partial charge in [0.2, 0.25) is 0 Å². The molecule has 0 amide bonds. The maximum absolute atomic E-state index is 5.97. The summed E-state index contributed by atoms with van der Waals surface area (Å²) in [5.41, 5.74) is 5.97. The third kappa shape index (κ3) is 2.12. The Kier molecular flexibility index (Phi) is 2.90. The summed E-state index contributed by atoms with van der Waals surface area (Å²) in [5, 5.41) is 3.82. The second-order valence-corrected chi connectivity index (χ2v) is 4.24. The first-order chi connectivity index (χ1) is 7.18. The summed E-state index contributed by atoms with van der Waals surface area (Å²) in [6.45, 7) is 4.83. The monoisotopic (exact) mass is 210 g/mol. The molecule has 2 rings (SSSR count). The van der Waals surface area contributed by atoms with Crippen LogP contribution in [0, 0.1) is 6.92 Å². The molecule has 0 radical (unpaired) electrons. The summed E-state index contributed by atoms with van der Waals surface area (Å²) in [4.78, 5) is 6.41. The zero-order valence-electron chi connectivity index (χ0n) is 9.31. The van der Waals surface area contributed by atoms with E-state index in [2.05, 4.69) is 15.0 Å². The summed E-state index contributed by atoms with van der Waals surface area (Å²) in [6, 6.07) is 1.09. The van der Waals surface area contributed by atoms with Crippen LogP contribution in [0.25, 0.3) is 0 Å². The fraction of sp³-hybridized carbons (Fsp3) is 0.800. The van der Waals surface area contributed by atoms with Gasteiger partial charge in [0.25, 0.3) is 0 Å². The van der Waals surface area contributed by atoms with Gasteiger partial charge in [-0.3, -0.25) is 0 Å². The van der Waals surface area contributed by atoms with Crippen molar-refractivity contribution in [3.63, 3.8) is 0 Å². The van der Waals surface area contributed by atoms with Gasteiger partial charge in [0, 0.05) is 18.6 Å². The van der Waals surface area contributed by atoms with Gasteiger partial charge in [-0.25, -0.2) is 0 Å². The van der Waals surface area contributed by atoms with Crippen LogP contribution in [-0.2, 0) is 0 Å². The van der Waals surface area contributed by atoms with Gasteiger partial charge < -0.3 is 15.2 Å². The number of hydrogen-bond acceptors (Lipinski definition) is 5. The molecule has 1 aliphatic rings. The Morgan fingerprint density at radius 1 is 1.53 bits per heavy atom. The maximum Gasteiger partial charge on any atom is 0.324 e. The van der Waals surface area contributed by atoms with Gasteiger partial charge in [-0.2, -0.15) is 4.98 Å². The van der Waals surface area contributed by atoms with E-state index in [0.717, 1.165) is 13.0 Å². The molecule has 0 aliphatic carbocycles. The molecule has 0 aromatic carbocycles. The Balaban J connectivity index is 2.17. The molecule has 2 atom stereocenters. The number of anilines is 1. The van der Waals surface area contributed by atoms with Crippen LogP contribution < -0.4 is 10.6 Å². The van der Waals surface area contributed by atoms with Crippen molar-refractivity contribution in [1.82, 2.24) is 10.1 Å². The van der Waals surface area contributed by atoms with E-state index in [1.54, 1.807) is 0 Å². The van der Waals surface area contributed by atoms with Crippen molar-refractivity contribution in [1.29, 1.82) is 0 Å². The number of aromatic nitrogens is 2. The molecule has 1 aromatic heterocycles. The van der Waals surface area contributed by atoms with Crippen LogP contribution in [0.15, 0.2) is 4.52 Å². The highest BCUT2D eigenvalue weighted by atomic mass is 16.5. The zero-order chi connectivity index (χ0) is 10.8. The smallest absolute Gasteiger partial charge is 0.324 e. The predicted octanol–water partition coefficient (Wildman–Crippen LogP) is 1.08. The van der Waals surface area contributed by atoms with Crippen molar-refractivity contribution < 1.29 is 4.52 Å². The van der Waals surface area contributed by atoms with Crippen LogP contribution in [0.5, 0.6) is 0 Å². The van der Waals surface area contributed by atoms with Crippen molar-refractivity contribution in [3.8, 4) is 0 Å². The largest absolute Gasteiger partial charge is 0.326 e. The van der Waals surface area contributed by atoms with Gasteiger partial charge in [0.1, 0.15) is 0 Å². The van der Waals surface area contributed by atoms with E-state index in [-0.39, 0.29) is 6.04 Å². The first-order valence-corrected chi connectivity index (χ1v) is 5.51. The zero-order valence-corrected chi connectivity index (χ0v) is 9.31. The molecule has 15 heavy (non-hydrogen) atoms. The second kappa shape index (κ2) is 4.18. The molecule has 0 saturated carbocycles. The molecule has 5 heteroatoms. The van der Waals surface area contributed by atoms with Crippen LogP contribution >= 0.6 is 0 Å². The van der Waals surface area contributed by atoms with Gasteiger partial charge in [0.05, 0.1) is 0 Å². The maximum atomic E-state index is 5.97. The highest BCUT2D eigenvalue weighted by Crippen LogP contribution is 2.24. The molecule has 0 bridgehead atoms. The molecule has 0 spiro atoms. The summed E-state index contributed by atoms with van der Waals surface area (Å²) in [5.74, 6) is 0.680. The van der Waals surface area contributed by atoms with E-state index < -0.39 is 0 Å². The molecule has 2 N–H and O–H groups in total. The normalized spacial score (nSPS) is 24.2. The molecule has 1 aliphatic heterocycles. The van der Waals surface area contributed by atoms with Crippen LogP contribution in [0.3, 0.4) is 0 Å². The topological polar surface area (TPSA) is 68.2 Å². The van der Waals surface area contributed by atoms with E-state index in [0.29, 0.717) is 17.9 Å². The lowest BCUT2D eigenvalue weighted by atomic mass is 9.97. The Hall–Kier alpha value is -1.10. The quantitative estimate of drug-likeness (QED) is 0.791. The number of aryl methyl sites for hydroxylation is 1. The van der Waals surface area contributed by atoms with Crippen LogP contribution in [0.4, 0.5) is 6.01 Å². The summed E-state index contributed by atoms with van der Waals surface area (Å²) >= 11 is 0. The van der Waals surface area contributed by atoms with Crippen LogP contribution in [0.1, 0.15) is 32.0 Å². The summed E-state index contributed by atoms with van der Waals surface area (Å²) in [7, 11) is 0. The summed E-state index contributed by atoms with van der Waals surface area (Å²) in [6.07, 6.45) is 3.51. The third-order valence-corrected chi connectivity index (χ3v) is 2.92. The Bertz CT molecular complexity index is 323. The van der Waals surface area contributed by atoms with Gasteiger partial charge in [-0.05, 0) is 33.1 Å². The first kappa shape index (κ1) is 10.4. The van der Waals surface area contributed by atoms with Crippen molar-refractivity contribution in [2.45, 2.75) is 45.2 Å². The molecule has 1 aromatic rings. The minimum atomic E-state index is 0.137. The standard InChI is InChI=1S/C10H18N4O/c1-7(11)9-5-3-4-6-14(9)10-12-8(2)13-15-10/h7,9H,3-6,11H2,1-2H3. The first-order valence-electron chi connectivity index (χ1n) is 5.51. The van der Waals surface area contributed by atoms with Gasteiger partial charge >= 0.3 is 6.01 Å². The Morgan fingerprint density at radius 3 is 2.93 bits per heavy atom. The van der Waals surface area contributed by atoms with Gasteiger partial charge in [-0.1, -0.05) is 5.16 Å². The number of hydrogen-bond donors (Lipinski definition) is 1. The third-order valence-electron chi connectivity index (χ3n) is 2.92. The van der Waals surface area contributed by atoms with Crippen molar-refractivity contribution in [3.05, 3.63) is 5.82 Å². The molecule has 1 fully saturated rings. The van der Waals surface area contributed by atoms with Crippen molar-refractivity contribution in [2.24, 2.45) is 5.73 Å². The fourth-order valence-electron chi connectivity index (χ4n) is 2.14. The van der Waals surface area contributed by atoms with Crippen molar-refractivity contribution >= 4 is 6.01 Å². The van der Waals surface area contributed by atoms with E-state index in [4.69, 9.17) is 10.3 Å². The SMILES string of the molecule is Cc1noc(N2CCCCC2C(C)N)n1. The lowest BCUT2D eigenvalue weighted by Gasteiger charge is -2.36. The van der Waals surface area contributed by atoms with Crippen molar-refractivity contribution in [2.75, 3.05) is 11.4 Å². The van der Waals surface area contributed by atoms with Crippen LogP contribution in [-0.4, -0.2) is 28.8 Å². The highest BCUT2D eigenvalue weighted by Gasteiger charge is 2.28. The fourth-order valence-corrected chi connectivity index (χ4v) is 2.14. The predicted molar refractivity (Wildman–Crippen MR) is 57.7 cm³/mol. The van der Waals surface area contributed by atoms with E-state index >= 15 is 0 Å². The minimum Gasteiger partial charge on any atom is -0.326 e. The molecule has 84 valence electrons. The number of nitrogens with zero attached hydrogens (tertiary/aromatic N) is 3. The number of rotatable bonds is 2. The van der Waals surface area contributed by atoms with E-state index in [1.165, 1.54) is 12.8 Å². The molecule has 2 unspecified atom stereocenters. The molecular weight excluding hydrogens is 192 g/mol. The minimum absolute atomic E-state index is 0.137.